The van der Waals surface area contributed by atoms with Crippen molar-refractivity contribution >= 4 is 11.5 Å². The van der Waals surface area contributed by atoms with Crippen LogP contribution in [0.1, 0.15) is 35.6 Å². The number of hydrogen-bond acceptors (Lipinski definition) is 2. The van der Waals surface area contributed by atoms with Crippen molar-refractivity contribution < 1.29 is 4.79 Å². The SMILES string of the molecule is Cc1ccc(C2=C(C#N)C(=O)NC(C)(c3ccc(C)cc3)C2)cc1. The Morgan fingerprint density at radius 1 is 1.00 bits per heavy atom. The van der Waals surface area contributed by atoms with Crippen molar-refractivity contribution in [2.45, 2.75) is 32.7 Å². The maximum atomic E-state index is 12.5. The Labute approximate surface area is 142 Å². The minimum atomic E-state index is -0.522. The zero-order valence-corrected chi connectivity index (χ0v) is 14.2. The average molecular weight is 316 g/mol. The third kappa shape index (κ3) is 2.83. The predicted molar refractivity (Wildman–Crippen MR) is 95.0 cm³/mol. The lowest BCUT2D eigenvalue weighted by atomic mass is 9.78. The zero-order valence-electron chi connectivity index (χ0n) is 14.2. The molecule has 0 aliphatic carbocycles. The second-order valence-corrected chi connectivity index (χ2v) is 6.66. The molecule has 0 bridgehead atoms. The predicted octanol–water partition coefficient (Wildman–Crippen LogP) is 4.02. The Kier molecular flexibility index (Phi) is 3.99. The largest absolute Gasteiger partial charge is 0.342 e. The minimum Gasteiger partial charge on any atom is -0.342 e. The molecule has 0 fully saturated rings. The summed E-state index contributed by atoms with van der Waals surface area (Å²) in [5, 5.41) is 12.5. The molecule has 0 saturated carbocycles. The van der Waals surface area contributed by atoms with Gasteiger partial charge in [0.1, 0.15) is 11.6 Å². The monoisotopic (exact) mass is 316 g/mol. The number of carbonyl (C=O) groups excluding carboxylic acids is 1. The third-order valence-electron chi connectivity index (χ3n) is 4.65. The maximum absolute atomic E-state index is 12.5. The lowest BCUT2D eigenvalue weighted by Crippen LogP contribution is -2.47. The highest BCUT2D eigenvalue weighted by Crippen LogP contribution is 2.38. The van der Waals surface area contributed by atoms with Crippen molar-refractivity contribution in [3.05, 3.63) is 76.4 Å². The normalized spacial score (nSPS) is 20.5. The van der Waals surface area contributed by atoms with Gasteiger partial charge in [-0.25, -0.2) is 0 Å². The van der Waals surface area contributed by atoms with Crippen LogP contribution in [-0.4, -0.2) is 5.91 Å². The Bertz CT molecular complexity index is 854. The van der Waals surface area contributed by atoms with E-state index in [1.54, 1.807) is 0 Å². The number of amides is 1. The van der Waals surface area contributed by atoms with E-state index in [0.29, 0.717) is 6.42 Å². The van der Waals surface area contributed by atoms with Gasteiger partial charge < -0.3 is 5.32 Å². The molecule has 1 N–H and O–H groups in total. The van der Waals surface area contributed by atoms with E-state index in [1.807, 2.05) is 69.3 Å². The lowest BCUT2D eigenvalue weighted by Gasteiger charge is -2.36. The Hall–Kier alpha value is -2.86. The summed E-state index contributed by atoms with van der Waals surface area (Å²) in [4.78, 5) is 12.5. The molecule has 120 valence electrons. The molecule has 3 rings (SSSR count). The Morgan fingerprint density at radius 2 is 1.54 bits per heavy atom. The summed E-state index contributed by atoms with van der Waals surface area (Å²) < 4.78 is 0. The summed E-state index contributed by atoms with van der Waals surface area (Å²) in [5.74, 6) is -0.303. The van der Waals surface area contributed by atoms with E-state index < -0.39 is 5.54 Å². The van der Waals surface area contributed by atoms with Crippen LogP contribution in [0.3, 0.4) is 0 Å². The second kappa shape index (κ2) is 5.98. The minimum absolute atomic E-state index is 0.212. The second-order valence-electron chi connectivity index (χ2n) is 6.66. The van der Waals surface area contributed by atoms with Gasteiger partial charge in [0.2, 0.25) is 0 Å². The van der Waals surface area contributed by atoms with Crippen molar-refractivity contribution in [2.24, 2.45) is 0 Å². The van der Waals surface area contributed by atoms with E-state index in [4.69, 9.17) is 0 Å². The molecule has 1 aliphatic rings. The summed E-state index contributed by atoms with van der Waals surface area (Å²) in [6.45, 7) is 6.07. The molecule has 2 aromatic rings. The van der Waals surface area contributed by atoms with Crippen molar-refractivity contribution in [3.63, 3.8) is 0 Å². The molecule has 0 spiro atoms. The standard InChI is InChI=1S/C21H20N2O/c1-14-4-8-16(9-5-14)18-12-21(3,23-20(24)19(18)13-22)17-10-6-15(2)7-11-17/h4-11H,12H2,1-3H3,(H,23,24). The van der Waals surface area contributed by atoms with Gasteiger partial charge in [-0.05, 0) is 37.5 Å². The number of benzene rings is 2. The van der Waals surface area contributed by atoms with E-state index in [-0.39, 0.29) is 11.5 Å². The van der Waals surface area contributed by atoms with Crippen LogP contribution in [0, 0.1) is 25.2 Å². The van der Waals surface area contributed by atoms with Gasteiger partial charge in [0.25, 0.3) is 5.91 Å². The van der Waals surface area contributed by atoms with Gasteiger partial charge in [-0.3, -0.25) is 4.79 Å². The van der Waals surface area contributed by atoms with Crippen LogP contribution in [0.5, 0.6) is 0 Å². The molecule has 0 radical (unpaired) electrons. The molecule has 1 atom stereocenters. The van der Waals surface area contributed by atoms with Crippen LogP contribution < -0.4 is 5.32 Å². The highest BCUT2D eigenvalue weighted by atomic mass is 16.1. The van der Waals surface area contributed by atoms with Gasteiger partial charge in [0.15, 0.2) is 0 Å². The van der Waals surface area contributed by atoms with E-state index in [9.17, 15) is 10.1 Å². The molecule has 1 aliphatic heterocycles. The summed E-state index contributed by atoms with van der Waals surface area (Å²) in [5.41, 5.74) is 4.81. The maximum Gasteiger partial charge on any atom is 0.262 e. The van der Waals surface area contributed by atoms with E-state index in [2.05, 4.69) is 11.4 Å². The molecule has 24 heavy (non-hydrogen) atoms. The zero-order chi connectivity index (χ0) is 17.3. The lowest BCUT2D eigenvalue weighted by molar-refractivity contribution is -0.119. The van der Waals surface area contributed by atoms with Gasteiger partial charge >= 0.3 is 0 Å². The van der Waals surface area contributed by atoms with E-state index in [0.717, 1.165) is 22.3 Å². The quantitative estimate of drug-likeness (QED) is 0.910. The van der Waals surface area contributed by atoms with E-state index in [1.165, 1.54) is 5.56 Å². The number of nitriles is 1. The van der Waals surface area contributed by atoms with Gasteiger partial charge in [-0.15, -0.1) is 0 Å². The van der Waals surface area contributed by atoms with Crippen molar-refractivity contribution in [1.29, 1.82) is 5.26 Å². The first kappa shape index (κ1) is 16.0. The van der Waals surface area contributed by atoms with Crippen molar-refractivity contribution in [1.82, 2.24) is 5.32 Å². The third-order valence-corrected chi connectivity index (χ3v) is 4.65. The molecule has 1 heterocycles. The van der Waals surface area contributed by atoms with Crippen LogP contribution >= 0.6 is 0 Å². The number of nitrogens with one attached hydrogen (secondary N) is 1. The first-order valence-corrected chi connectivity index (χ1v) is 8.03. The molecule has 3 heteroatoms. The summed E-state index contributed by atoms with van der Waals surface area (Å²) in [6, 6.07) is 18.2. The first-order valence-electron chi connectivity index (χ1n) is 8.03. The van der Waals surface area contributed by atoms with Crippen LogP contribution in [-0.2, 0) is 10.3 Å². The first-order chi connectivity index (χ1) is 11.4. The molecule has 3 nitrogen and oxygen atoms in total. The number of carbonyl (C=O) groups is 1. The fraction of sp³-hybridized carbons (Fsp3) is 0.238. The molecule has 1 amide bonds. The summed E-state index contributed by atoms with van der Waals surface area (Å²) in [7, 11) is 0. The molecule has 2 aromatic carbocycles. The summed E-state index contributed by atoms with van der Waals surface area (Å²) >= 11 is 0. The average Bonchev–Trinajstić information content (AvgIpc) is 2.55. The van der Waals surface area contributed by atoms with E-state index >= 15 is 0 Å². The van der Waals surface area contributed by atoms with Gasteiger partial charge in [0, 0.05) is 6.42 Å². The van der Waals surface area contributed by atoms with Crippen LogP contribution in [0.15, 0.2) is 54.1 Å². The van der Waals surface area contributed by atoms with Crippen LogP contribution in [0.4, 0.5) is 0 Å². The number of nitrogens with zero attached hydrogens (tertiary/aromatic N) is 1. The number of aryl methyl sites for hydroxylation is 2. The fourth-order valence-electron chi connectivity index (χ4n) is 3.15. The number of hydrogen-bond donors (Lipinski definition) is 1. The Balaban J connectivity index is 2.09. The topological polar surface area (TPSA) is 52.9 Å². The van der Waals surface area contributed by atoms with Crippen molar-refractivity contribution in [2.75, 3.05) is 0 Å². The number of rotatable bonds is 2. The van der Waals surface area contributed by atoms with Crippen LogP contribution in [0.2, 0.25) is 0 Å². The molecular weight excluding hydrogens is 296 g/mol. The molecule has 0 aromatic heterocycles. The highest BCUT2D eigenvalue weighted by Gasteiger charge is 2.37. The molecule has 0 saturated heterocycles. The summed E-state index contributed by atoms with van der Waals surface area (Å²) in [6.07, 6.45) is 0.591. The van der Waals surface area contributed by atoms with Crippen molar-refractivity contribution in [3.8, 4) is 6.07 Å². The highest BCUT2D eigenvalue weighted by molar-refractivity contribution is 6.07. The van der Waals surface area contributed by atoms with Crippen LogP contribution in [0.25, 0.3) is 5.57 Å². The molecule has 1 unspecified atom stereocenters. The van der Waals surface area contributed by atoms with Gasteiger partial charge in [-0.1, -0.05) is 59.7 Å². The fourth-order valence-corrected chi connectivity index (χ4v) is 3.15. The Morgan fingerprint density at radius 3 is 2.08 bits per heavy atom. The van der Waals surface area contributed by atoms with Gasteiger partial charge in [-0.2, -0.15) is 5.26 Å². The van der Waals surface area contributed by atoms with Gasteiger partial charge in [0.05, 0.1) is 5.54 Å². The smallest absolute Gasteiger partial charge is 0.262 e. The molecular formula is C21H20N2O.